The Balaban J connectivity index is 2.27. The molecule has 0 heterocycles. The van der Waals surface area contributed by atoms with Gasteiger partial charge in [-0.3, -0.25) is 0 Å². The van der Waals surface area contributed by atoms with Crippen LogP contribution in [-0.2, 0) is 0 Å². The van der Waals surface area contributed by atoms with E-state index in [0.717, 1.165) is 29.0 Å². The third-order valence-corrected chi connectivity index (χ3v) is 5.12. The van der Waals surface area contributed by atoms with E-state index < -0.39 is 0 Å². The zero-order chi connectivity index (χ0) is 16.7. The maximum atomic E-state index is 9.19. The first-order valence-electron chi connectivity index (χ1n) is 8.07. The van der Waals surface area contributed by atoms with E-state index in [9.17, 15) is 5.26 Å². The molecular weight excluding hydrogens is 272 g/mol. The van der Waals surface area contributed by atoms with Gasteiger partial charge in [-0.25, -0.2) is 0 Å². The SMILES string of the molecule is CCN[C@H]1C(C)(C)[C@H](Oc2cc(C)c(C#N)c(C)c2)C1(C)C. The van der Waals surface area contributed by atoms with E-state index in [1.54, 1.807) is 0 Å². The number of hydrogen-bond donors (Lipinski definition) is 1. The average Bonchev–Trinajstić information content (AvgIpc) is 2.41. The number of hydrogen-bond acceptors (Lipinski definition) is 3. The second kappa shape index (κ2) is 5.59. The highest BCUT2D eigenvalue weighted by Gasteiger charge is 2.63. The van der Waals surface area contributed by atoms with Crippen LogP contribution in [0.4, 0.5) is 0 Å². The van der Waals surface area contributed by atoms with Gasteiger partial charge in [0.05, 0.1) is 11.6 Å². The lowest BCUT2D eigenvalue weighted by atomic mass is 9.49. The molecule has 22 heavy (non-hydrogen) atoms. The molecule has 0 aliphatic heterocycles. The molecule has 0 aromatic heterocycles. The molecular formula is C19H28N2O. The van der Waals surface area contributed by atoms with Gasteiger partial charge in [-0.15, -0.1) is 0 Å². The smallest absolute Gasteiger partial charge is 0.120 e. The Morgan fingerprint density at radius 3 is 2.05 bits per heavy atom. The molecule has 1 aromatic carbocycles. The van der Waals surface area contributed by atoms with Crippen molar-refractivity contribution in [1.29, 1.82) is 5.26 Å². The molecule has 1 fully saturated rings. The maximum Gasteiger partial charge on any atom is 0.120 e. The summed E-state index contributed by atoms with van der Waals surface area (Å²) in [6, 6.07) is 6.67. The van der Waals surface area contributed by atoms with Crippen LogP contribution in [0.2, 0.25) is 0 Å². The van der Waals surface area contributed by atoms with Gasteiger partial charge in [0, 0.05) is 16.9 Å². The molecule has 1 aliphatic rings. The second-order valence-corrected chi connectivity index (χ2v) is 7.68. The standard InChI is InChI=1S/C19H28N2O/c1-8-21-16-18(4,5)17(19(16,6)7)22-14-9-12(2)15(11-20)13(3)10-14/h9-10,16-17,21H,8H2,1-7H3/t16-,17-. The van der Waals surface area contributed by atoms with Gasteiger partial charge < -0.3 is 10.1 Å². The number of nitrogens with zero attached hydrogens (tertiary/aromatic N) is 1. The minimum atomic E-state index is 0.0786. The minimum absolute atomic E-state index is 0.0786. The van der Waals surface area contributed by atoms with E-state index >= 15 is 0 Å². The molecule has 1 saturated carbocycles. The summed E-state index contributed by atoms with van der Waals surface area (Å²) in [7, 11) is 0. The number of ether oxygens (including phenoxy) is 1. The summed E-state index contributed by atoms with van der Waals surface area (Å²) in [5, 5.41) is 12.8. The normalized spacial score (nSPS) is 25.2. The van der Waals surface area contributed by atoms with Crippen molar-refractivity contribution >= 4 is 0 Å². The van der Waals surface area contributed by atoms with Crippen molar-refractivity contribution < 1.29 is 4.74 Å². The van der Waals surface area contributed by atoms with Crippen LogP contribution >= 0.6 is 0 Å². The van der Waals surface area contributed by atoms with Gasteiger partial charge in [0.1, 0.15) is 11.9 Å². The Labute approximate surface area is 134 Å². The summed E-state index contributed by atoms with van der Waals surface area (Å²) < 4.78 is 6.37. The highest BCUT2D eigenvalue weighted by molar-refractivity contribution is 5.48. The number of nitrogens with one attached hydrogen (secondary N) is 1. The van der Waals surface area contributed by atoms with Crippen molar-refractivity contribution in [3.05, 3.63) is 28.8 Å². The van der Waals surface area contributed by atoms with Crippen molar-refractivity contribution in [2.45, 2.75) is 60.6 Å². The first-order chi connectivity index (χ1) is 10.2. The van der Waals surface area contributed by atoms with Crippen molar-refractivity contribution in [2.75, 3.05) is 6.54 Å². The maximum absolute atomic E-state index is 9.19. The zero-order valence-electron chi connectivity index (χ0n) is 14.9. The Morgan fingerprint density at radius 1 is 1.14 bits per heavy atom. The second-order valence-electron chi connectivity index (χ2n) is 7.68. The summed E-state index contributed by atoms with van der Waals surface area (Å²) >= 11 is 0. The molecule has 0 atom stereocenters. The minimum Gasteiger partial charge on any atom is -0.489 e. The topological polar surface area (TPSA) is 45.0 Å². The fourth-order valence-electron chi connectivity index (χ4n) is 4.46. The Hall–Kier alpha value is -1.53. The van der Waals surface area contributed by atoms with E-state index in [2.05, 4.69) is 46.0 Å². The van der Waals surface area contributed by atoms with Gasteiger partial charge in [-0.05, 0) is 43.7 Å². The van der Waals surface area contributed by atoms with E-state index in [4.69, 9.17) is 4.74 Å². The van der Waals surface area contributed by atoms with Gasteiger partial charge in [0.2, 0.25) is 0 Å². The van der Waals surface area contributed by atoms with Crippen LogP contribution in [0, 0.1) is 36.0 Å². The van der Waals surface area contributed by atoms with Crippen LogP contribution in [0.1, 0.15) is 51.3 Å². The van der Waals surface area contributed by atoms with Crippen molar-refractivity contribution in [2.24, 2.45) is 10.8 Å². The van der Waals surface area contributed by atoms with Gasteiger partial charge >= 0.3 is 0 Å². The third kappa shape index (κ3) is 2.50. The number of benzene rings is 1. The van der Waals surface area contributed by atoms with E-state index in [1.165, 1.54) is 0 Å². The molecule has 0 amide bonds. The molecule has 1 aromatic rings. The fraction of sp³-hybridized carbons (Fsp3) is 0.632. The van der Waals surface area contributed by atoms with Crippen LogP contribution in [-0.4, -0.2) is 18.7 Å². The van der Waals surface area contributed by atoms with Gasteiger partial charge in [-0.2, -0.15) is 5.26 Å². The van der Waals surface area contributed by atoms with Crippen LogP contribution in [0.5, 0.6) is 5.75 Å². The predicted octanol–water partition coefficient (Wildman–Crippen LogP) is 3.97. The molecule has 0 spiro atoms. The Morgan fingerprint density at radius 2 is 1.64 bits per heavy atom. The highest BCUT2D eigenvalue weighted by atomic mass is 16.5. The lowest BCUT2D eigenvalue weighted by Crippen LogP contribution is -2.74. The van der Waals surface area contributed by atoms with Crippen LogP contribution in [0.3, 0.4) is 0 Å². The van der Waals surface area contributed by atoms with Gasteiger partial charge in [0.15, 0.2) is 0 Å². The molecule has 3 nitrogen and oxygen atoms in total. The van der Waals surface area contributed by atoms with Gasteiger partial charge in [-0.1, -0.05) is 34.6 Å². The first-order valence-corrected chi connectivity index (χ1v) is 8.07. The summed E-state index contributed by atoms with van der Waals surface area (Å²) in [5.74, 6) is 0.870. The highest BCUT2D eigenvalue weighted by Crippen LogP contribution is 2.55. The van der Waals surface area contributed by atoms with Crippen LogP contribution in [0.25, 0.3) is 0 Å². The molecule has 0 bridgehead atoms. The summed E-state index contributed by atoms with van der Waals surface area (Å²) in [6.45, 7) is 16.1. The predicted molar refractivity (Wildman–Crippen MR) is 90.1 cm³/mol. The van der Waals surface area contributed by atoms with Crippen LogP contribution < -0.4 is 10.1 Å². The monoisotopic (exact) mass is 300 g/mol. The number of rotatable bonds is 4. The van der Waals surface area contributed by atoms with Crippen LogP contribution in [0.15, 0.2) is 12.1 Å². The van der Waals surface area contributed by atoms with E-state index in [0.29, 0.717) is 6.04 Å². The lowest BCUT2D eigenvalue weighted by Gasteiger charge is -2.63. The molecule has 1 aliphatic carbocycles. The molecule has 1 N–H and O–H groups in total. The molecule has 0 saturated heterocycles. The van der Waals surface area contributed by atoms with Crippen molar-refractivity contribution in [3.63, 3.8) is 0 Å². The Bertz CT molecular complexity index is 571. The summed E-state index contributed by atoms with van der Waals surface area (Å²) in [5.41, 5.74) is 2.88. The van der Waals surface area contributed by atoms with Crippen molar-refractivity contribution in [1.82, 2.24) is 5.32 Å². The number of nitriles is 1. The molecule has 120 valence electrons. The number of aryl methyl sites for hydroxylation is 2. The molecule has 0 unspecified atom stereocenters. The molecule has 0 radical (unpaired) electrons. The van der Waals surface area contributed by atoms with Crippen molar-refractivity contribution in [3.8, 4) is 11.8 Å². The third-order valence-electron chi connectivity index (χ3n) is 5.12. The average molecular weight is 300 g/mol. The summed E-state index contributed by atoms with van der Waals surface area (Å²) in [6.07, 6.45) is 0.149. The quantitative estimate of drug-likeness (QED) is 0.915. The largest absolute Gasteiger partial charge is 0.489 e. The van der Waals surface area contributed by atoms with E-state index in [-0.39, 0.29) is 16.9 Å². The van der Waals surface area contributed by atoms with E-state index in [1.807, 2.05) is 26.0 Å². The first kappa shape index (κ1) is 16.8. The Kier molecular flexibility index (Phi) is 4.28. The fourth-order valence-corrected chi connectivity index (χ4v) is 4.46. The molecule has 2 rings (SSSR count). The van der Waals surface area contributed by atoms with Gasteiger partial charge in [0.25, 0.3) is 0 Å². The zero-order valence-corrected chi connectivity index (χ0v) is 14.9. The lowest BCUT2D eigenvalue weighted by molar-refractivity contribution is -0.167. The summed E-state index contributed by atoms with van der Waals surface area (Å²) in [4.78, 5) is 0. The molecule has 3 heteroatoms.